The van der Waals surface area contributed by atoms with Crippen LogP contribution >= 0.6 is 0 Å². The first-order valence-electron chi connectivity index (χ1n) is 9.09. The van der Waals surface area contributed by atoms with Gasteiger partial charge in [0.05, 0.1) is 4.92 Å². The van der Waals surface area contributed by atoms with Crippen molar-refractivity contribution in [2.45, 2.75) is 20.4 Å². The monoisotopic (exact) mass is 431 g/mol. The SMILES string of the molecule is Cc1nn(CC(=O)NCCNC(=O)c2nc(-c3ccc(F)cc3)no2)c(C)c1[N+](=O)[O-]. The average Bonchev–Trinajstić information content (AvgIpc) is 3.31. The predicted molar refractivity (Wildman–Crippen MR) is 103 cm³/mol. The Morgan fingerprint density at radius 3 is 2.52 bits per heavy atom. The van der Waals surface area contributed by atoms with Crippen LogP contribution in [0.15, 0.2) is 28.8 Å². The van der Waals surface area contributed by atoms with E-state index >= 15 is 0 Å². The van der Waals surface area contributed by atoms with Crippen molar-refractivity contribution in [2.75, 3.05) is 13.1 Å². The van der Waals surface area contributed by atoms with E-state index in [0.717, 1.165) is 0 Å². The largest absolute Gasteiger partial charge is 0.353 e. The van der Waals surface area contributed by atoms with Gasteiger partial charge in [0.1, 0.15) is 23.7 Å². The van der Waals surface area contributed by atoms with E-state index in [4.69, 9.17) is 4.52 Å². The Kier molecular flexibility index (Phi) is 6.33. The quantitative estimate of drug-likeness (QED) is 0.305. The molecule has 2 amide bonds. The second-order valence-corrected chi connectivity index (χ2v) is 6.47. The van der Waals surface area contributed by atoms with E-state index < -0.39 is 22.6 Å². The van der Waals surface area contributed by atoms with Crippen molar-refractivity contribution in [3.63, 3.8) is 0 Å². The van der Waals surface area contributed by atoms with Crippen molar-refractivity contribution >= 4 is 17.5 Å². The molecule has 3 aromatic rings. The van der Waals surface area contributed by atoms with E-state index in [1.807, 2.05) is 0 Å². The number of hydrogen-bond donors (Lipinski definition) is 2. The summed E-state index contributed by atoms with van der Waals surface area (Å²) < 4.78 is 19.1. The average molecular weight is 431 g/mol. The smallest absolute Gasteiger partial charge is 0.316 e. The molecule has 3 rings (SSSR count). The summed E-state index contributed by atoms with van der Waals surface area (Å²) in [6.45, 7) is 2.99. The van der Waals surface area contributed by atoms with Gasteiger partial charge in [-0.1, -0.05) is 5.16 Å². The Morgan fingerprint density at radius 1 is 1.19 bits per heavy atom. The molecular formula is C18H18FN7O5. The topological polar surface area (TPSA) is 158 Å². The third-order valence-electron chi connectivity index (χ3n) is 4.27. The highest BCUT2D eigenvalue weighted by molar-refractivity contribution is 5.89. The normalized spacial score (nSPS) is 10.7. The third kappa shape index (κ3) is 5.07. The summed E-state index contributed by atoms with van der Waals surface area (Å²) in [5, 5.41) is 23.8. The number of nitrogens with zero attached hydrogens (tertiary/aromatic N) is 5. The van der Waals surface area contributed by atoms with Gasteiger partial charge in [0.25, 0.3) is 0 Å². The van der Waals surface area contributed by atoms with Gasteiger partial charge in [-0.05, 0) is 38.1 Å². The minimum Gasteiger partial charge on any atom is -0.353 e. The number of aromatic nitrogens is 4. The molecule has 2 N–H and O–H groups in total. The standard InChI is InChI=1S/C18H18FN7O5/c1-10-15(26(29)30)11(2)25(23-10)9-14(27)20-7-8-21-17(28)18-22-16(24-31-18)12-3-5-13(19)6-4-12/h3-6H,7-9H2,1-2H3,(H,20,27)(H,21,28). The summed E-state index contributed by atoms with van der Waals surface area (Å²) in [4.78, 5) is 38.5. The molecule has 2 heterocycles. The second kappa shape index (κ2) is 9.11. The molecule has 0 fully saturated rings. The fourth-order valence-electron chi connectivity index (χ4n) is 2.78. The number of hydrogen-bond acceptors (Lipinski definition) is 8. The van der Waals surface area contributed by atoms with Gasteiger partial charge in [-0.25, -0.2) is 4.39 Å². The molecule has 13 heteroatoms. The molecule has 162 valence electrons. The summed E-state index contributed by atoms with van der Waals surface area (Å²) in [5.41, 5.74) is 0.863. The number of halogens is 1. The Balaban J connectivity index is 1.46. The molecule has 1 aromatic carbocycles. The highest BCUT2D eigenvalue weighted by Gasteiger charge is 2.22. The Labute approximate surface area is 174 Å². The van der Waals surface area contributed by atoms with E-state index in [9.17, 15) is 24.1 Å². The second-order valence-electron chi connectivity index (χ2n) is 6.47. The van der Waals surface area contributed by atoms with Crippen molar-refractivity contribution in [1.29, 1.82) is 0 Å². The number of carbonyl (C=O) groups excluding carboxylic acids is 2. The zero-order valence-electron chi connectivity index (χ0n) is 16.6. The molecule has 31 heavy (non-hydrogen) atoms. The van der Waals surface area contributed by atoms with Crippen LogP contribution in [0.5, 0.6) is 0 Å². The number of carbonyl (C=O) groups is 2. The van der Waals surface area contributed by atoms with E-state index in [2.05, 4.69) is 25.9 Å². The maximum absolute atomic E-state index is 13.0. The molecule has 12 nitrogen and oxygen atoms in total. The Bertz CT molecular complexity index is 1120. The molecule has 0 spiro atoms. The van der Waals surface area contributed by atoms with Crippen molar-refractivity contribution in [1.82, 2.24) is 30.6 Å². The fourth-order valence-corrected chi connectivity index (χ4v) is 2.78. The molecular weight excluding hydrogens is 413 g/mol. The highest BCUT2D eigenvalue weighted by atomic mass is 19.1. The van der Waals surface area contributed by atoms with Crippen LogP contribution in [0.25, 0.3) is 11.4 Å². The first-order chi connectivity index (χ1) is 14.8. The third-order valence-corrected chi connectivity index (χ3v) is 4.27. The van der Waals surface area contributed by atoms with Gasteiger partial charge in [0.15, 0.2) is 0 Å². The van der Waals surface area contributed by atoms with Crippen LogP contribution in [0.4, 0.5) is 10.1 Å². The summed E-state index contributed by atoms with van der Waals surface area (Å²) in [5.74, 6) is -1.61. The molecule has 0 saturated carbocycles. The minimum atomic E-state index is -0.635. The fraction of sp³-hybridized carbons (Fsp3) is 0.278. The zero-order chi connectivity index (χ0) is 22.5. The van der Waals surface area contributed by atoms with Crippen LogP contribution in [0, 0.1) is 29.8 Å². The van der Waals surface area contributed by atoms with E-state index in [1.165, 1.54) is 42.8 Å². The molecule has 0 atom stereocenters. The van der Waals surface area contributed by atoms with E-state index in [0.29, 0.717) is 5.56 Å². The number of benzene rings is 1. The first-order valence-corrected chi connectivity index (χ1v) is 9.09. The van der Waals surface area contributed by atoms with Gasteiger partial charge in [0.2, 0.25) is 11.7 Å². The maximum Gasteiger partial charge on any atom is 0.316 e. The summed E-state index contributed by atoms with van der Waals surface area (Å²) in [6, 6.07) is 5.38. The van der Waals surface area contributed by atoms with Crippen LogP contribution < -0.4 is 10.6 Å². The highest BCUT2D eigenvalue weighted by Crippen LogP contribution is 2.21. The predicted octanol–water partition coefficient (Wildman–Crippen LogP) is 1.14. The van der Waals surface area contributed by atoms with Gasteiger partial charge in [0, 0.05) is 18.7 Å². The van der Waals surface area contributed by atoms with Crippen LogP contribution in [-0.2, 0) is 11.3 Å². The van der Waals surface area contributed by atoms with Crippen molar-refractivity contribution in [2.24, 2.45) is 0 Å². The Morgan fingerprint density at radius 2 is 1.87 bits per heavy atom. The first kappa shape index (κ1) is 21.5. The summed E-state index contributed by atoms with van der Waals surface area (Å²) in [6.07, 6.45) is 0. The molecule has 0 saturated heterocycles. The molecule has 0 aliphatic carbocycles. The summed E-state index contributed by atoms with van der Waals surface area (Å²) >= 11 is 0. The van der Waals surface area contributed by atoms with Crippen LogP contribution in [0.2, 0.25) is 0 Å². The Hall–Kier alpha value is -4.16. The van der Waals surface area contributed by atoms with Crippen LogP contribution in [0.3, 0.4) is 0 Å². The number of rotatable bonds is 8. The molecule has 2 aromatic heterocycles. The number of nitro groups is 1. The molecule has 0 unspecified atom stereocenters. The van der Waals surface area contributed by atoms with E-state index in [1.54, 1.807) is 0 Å². The molecule has 0 bridgehead atoms. The van der Waals surface area contributed by atoms with Crippen molar-refractivity contribution in [3.8, 4) is 11.4 Å². The van der Waals surface area contributed by atoms with Gasteiger partial charge >= 0.3 is 17.5 Å². The van der Waals surface area contributed by atoms with Crippen molar-refractivity contribution in [3.05, 3.63) is 57.5 Å². The number of nitrogens with one attached hydrogen (secondary N) is 2. The molecule has 0 aliphatic rings. The van der Waals surface area contributed by atoms with Gasteiger partial charge < -0.3 is 15.2 Å². The number of amides is 2. The van der Waals surface area contributed by atoms with Gasteiger partial charge in [-0.15, -0.1) is 0 Å². The molecule has 0 aliphatic heterocycles. The summed E-state index contributed by atoms with van der Waals surface area (Å²) in [7, 11) is 0. The lowest BCUT2D eigenvalue weighted by Crippen LogP contribution is -2.36. The zero-order valence-corrected chi connectivity index (χ0v) is 16.6. The van der Waals surface area contributed by atoms with Crippen LogP contribution in [0.1, 0.15) is 22.1 Å². The van der Waals surface area contributed by atoms with Gasteiger partial charge in [-0.3, -0.25) is 24.4 Å². The lowest BCUT2D eigenvalue weighted by Gasteiger charge is -2.06. The van der Waals surface area contributed by atoms with E-state index in [-0.39, 0.29) is 48.4 Å². The minimum absolute atomic E-state index is 0.0795. The maximum atomic E-state index is 13.0. The molecule has 0 radical (unpaired) electrons. The lowest BCUT2D eigenvalue weighted by molar-refractivity contribution is -0.386. The van der Waals surface area contributed by atoms with Gasteiger partial charge in [-0.2, -0.15) is 10.1 Å². The lowest BCUT2D eigenvalue weighted by atomic mass is 10.2. The van der Waals surface area contributed by atoms with Crippen LogP contribution in [-0.4, -0.2) is 49.7 Å². The number of aryl methyl sites for hydroxylation is 1. The van der Waals surface area contributed by atoms with Crippen molar-refractivity contribution < 1.29 is 23.4 Å².